The van der Waals surface area contributed by atoms with Gasteiger partial charge in [-0.15, -0.1) is 0 Å². The molecule has 2 amide bonds. The number of hydrogen-bond donors (Lipinski definition) is 2. The van der Waals surface area contributed by atoms with E-state index in [0.717, 1.165) is 12.6 Å². The first-order valence-corrected chi connectivity index (χ1v) is 10.1. The predicted octanol–water partition coefficient (Wildman–Crippen LogP) is 4.31. The fourth-order valence-electron chi connectivity index (χ4n) is 3.37. The smallest absolute Gasteiger partial charge is 0.412 e. The van der Waals surface area contributed by atoms with E-state index < -0.39 is 29.2 Å². The highest BCUT2D eigenvalue weighted by atomic mass is 19.1. The number of nitrogens with zero attached hydrogens (tertiary/aromatic N) is 2. The summed E-state index contributed by atoms with van der Waals surface area (Å²) in [5, 5.41) is 5.45. The average molecular weight is 425 g/mol. The van der Waals surface area contributed by atoms with Crippen molar-refractivity contribution in [1.29, 1.82) is 0 Å². The molecule has 2 heterocycles. The van der Waals surface area contributed by atoms with Crippen molar-refractivity contribution in [3.8, 4) is 0 Å². The third kappa shape index (κ3) is 7.35. The quantitative estimate of drug-likeness (QED) is 0.751. The molecule has 1 aromatic rings. The lowest BCUT2D eigenvalue weighted by atomic mass is 9.95. The van der Waals surface area contributed by atoms with Crippen LogP contribution >= 0.6 is 0 Å². The number of rotatable bonds is 3. The summed E-state index contributed by atoms with van der Waals surface area (Å²) in [7, 11) is 0. The zero-order valence-electron chi connectivity index (χ0n) is 18.8. The van der Waals surface area contributed by atoms with Crippen molar-refractivity contribution in [3.63, 3.8) is 0 Å². The van der Waals surface area contributed by atoms with E-state index in [1.54, 1.807) is 46.4 Å². The summed E-state index contributed by atoms with van der Waals surface area (Å²) in [6.07, 6.45) is 2.02. The van der Waals surface area contributed by atoms with Gasteiger partial charge in [-0.05, 0) is 53.9 Å². The lowest BCUT2D eigenvalue weighted by Gasteiger charge is -2.39. The van der Waals surface area contributed by atoms with Gasteiger partial charge < -0.3 is 19.7 Å². The third-order valence-corrected chi connectivity index (χ3v) is 4.21. The van der Waals surface area contributed by atoms with Crippen LogP contribution < -0.4 is 15.5 Å². The molecule has 1 aliphatic heterocycles. The molecule has 2 rings (SSSR count). The number of nitrogens with one attached hydrogen (secondary N) is 2. The largest absolute Gasteiger partial charge is 0.444 e. The molecule has 168 valence electrons. The van der Waals surface area contributed by atoms with Crippen LogP contribution in [0.1, 0.15) is 54.9 Å². The summed E-state index contributed by atoms with van der Waals surface area (Å²) in [4.78, 5) is 30.0. The first kappa shape index (κ1) is 23.7. The Hall–Kier alpha value is -2.58. The van der Waals surface area contributed by atoms with E-state index >= 15 is 0 Å². The Morgan fingerprint density at radius 2 is 1.67 bits per heavy atom. The van der Waals surface area contributed by atoms with Gasteiger partial charge in [0.1, 0.15) is 16.9 Å². The molecule has 9 heteroatoms. The summed E-state index contributed by atoms with van der Waals surface area (Å²) < 4.78 is 25.4. The molecule has 0 aromatic carbocycles. The molecule has 0 aliphatic carbocycles. The van der Waals surface area contributed by atoms with E-state index in [9.17, 15) is 14.0 Å². The Morgan fingerprint density at radius 3 is 2.27 bits per heavy atom. The number of aromatic nitrogens is 1. The Bertz CT molecular complexity index is 773. The highest BCUT2D eigenvalue weighted by Crippen LogP contribution is 2.32. The van der Waals surface area contributed by atoms with Crippen molar-refractivity contribution in [2.75, 3.05) is 23.3 Å². The summed E-state index contributed by atoms with van der Waals surface area (Å²) in [6.45, 7) is 13.6. The topological polar surface area (TPSA) is 92.8 Å². The molecule has 0 unspecified atom stereocenters. The van der Waals surface area contributed by atoms with Crippen LogP contribution in [0.15, 0.2) is 12.4 Å². The first-order chi connectivity index (χ1) is 13.7. The van der Waals surface area contributed by atoms with E-state index in [2.05, 4.69) is 15.6 Å². The molecule has 30 heavy (non-hydrogen) atoms. The number of pyridine rings is 1. The second kappa shape index (κ2) is 9.06. The van der Waals surface area contributed by atoms with Gasteiger partial charge in [0, 0.05) is 19.1 Å². The molecule has 2 N–H and O–H groups in total. The highest BCUT2D eigenvalue weighted by Gasteiger charge is 2.31. The van der Waals surface area contributed by atoms with Crippen molar-refractivity contribution < 1.29 is 23.5 Å². The van der Waals surface area contributed by atoms with Gasteiger partial charge in [-0.2, -0.15) is 0 Å². The van der Waals surface area contributed by atoms with Crippen LogP contribution in [0.4, 0.5) is 25.4 Å². The Morgan fingerprint density at radius 1 is 1.07 bits per heavy atom. The van der Waals surface area contributed by atoms with E-state index in [-0.39, 0.29) is 23.3 Å². The molecule has 1 saturated heterocycles. The van der Waals surface area contributed by atoms with Crippen LogP contribution in [0.5, 0.6) is 0 Å². The van der Waals surface area contributed by atoms with Crippen LogP contribution in [0.3, 0.4) is 0 Å². The molecule has 0 saturated carbocycles. The highest BCUT2D eigenvalue weighted by molar-refractivity contribution is 5.89. The fraction of sp³-hybridized carbons (Fsp3) is 0.667. The van der Waals surface area contributed by atoms with Gasteiger partial charge >= 0.3 is 12.2 Å². The lowest BCUT2D eigenvalue weighted by molar-refractivity contribution is 0.0494. The molecule has 8 nitrogen and oxygen atoms in total. The number of hydrogen-bond acceptors (Lipinski definition) is 6. The Labute approximate surface area is 177 Å². The van der Waals surface area contributed by atoms with E-state index in [1.807, 2.05) is 6.92 Å². The van der Waals surface area contributed by atoms with Crippen molar-refractivity contribution >= 4 is 23.6 Å². The molecule has 1 aromatic heterocycles. The number of anilines is 2. The Kier molecular flexibility index (Phi) is 7.15. The number of amides is 2. The molecule has 1 fully saturated rings. The van der Waals surface area contributed by atoms with Gasteiger partial charge in [0.15, 0.2) is 5.82 Å². The summed E-state index contributed by atoms with van der Waals surface area (Å²) in [6, 6.07) is -0.231. The SMILES string of the molecule is C[C@@H]1C[C@H](NC(=O)OC(C)(C)C)CN(c2c(F)cncc2NC(=O)OC(C)(C)C)C1. The molecular formula is C21H33FN4O4. The van der Waals surface area contributed by atoms with Crippen LogP contribution in [0.25, 0.3) is 0 Å². The maximum atomic E-state index is 14.8. The number of alkyl carbamates (subject to hydrolysis) is 1. The van der Waals surface area contributed by atoms with Gasteiger partial charge in [0.05, 0.1) is 18.1 Å². The second-order valence-corrected chi connectivity index (χ2v) is 9.73. The van der Waals surface area contributed by atoms with Crippen molar-refractivity contribution in [2.24, 2.45) is 5.92 Å². The minimum atomic E-state index is -0.690. The second-order valence-electron chi connectivity index (χ2n) is 9.73. The van der Waals surface area contributed by atoms with Gasteiger partial charge in [0.25, 0.3) is 0 Å². The molecule has 0 radical (unpaired) electrons. The molecular weight excluding hydrogens is 391 g/mol. The lowest BCUT2D eigenvalue weighted by Crippen LogP contribution is -2.51. The standard InChI is InChI=1S/C21H33FN4O4/c1-13-8-14(24-18(27)29-20(2,3)4)12-26(11-13)17-15(22)9-23-10-16(17)25-19(28)30-21(5,6)7/h9-10,13-14H,8,11-12H2,1-7H3,(H,24,27)(H,25,28)/t13-,14+/m1/s1. The van der Waals surface area contributed by atoms with Crippen LogP contribution in [-0.4, -0.2) is 47.5 Å². The number of ether oxygens (including phenoxy) is 2. The molecule has 0 spiro atoms. The number of carbonyl (C=O) groups is 2. The van der Waals surface area contributed by atoms with Crippen LogP contribution in [0.2, 0.25) is 0 Å². The van der Waals surface area contributed by atoms with Crippen molar-refractivity contribution in [3.05, 3.63) is 18.2 Å². The maximum Gasteiger partial charge on any atom is 0.412 e. The Balaban J connectivity index is 2.19. The minimum absolute atomic E-state index is 0.181. The van der Waals surface area contributed by atoms with Gasteiger partial charge in [-0.1, -0.05) is 6.92 Å². The normalized spacial score (nSPS) is 19.8. The number of piperidine rings is 1. The van der Waals surface area contributed by atoms with E-state index in [1.165, 1.54) is 6.20 Å². The average Bonchev–Trinajstić information content (AvgIpc) is 2.50. The number of halogens is 1. The summed E-state index contributed by atoms with van der Waals surface area (Å²) in [5.41, 5.74) is -0.855. The molecule has 0 bridgehead atoms. The van der Waals surface area contributed by atoms with Crippen molar-refractivity contribution in [1.82, 2.24) is 10.3 Å². The van der Waals surface area contributed by atoms with Gasteiger partial charge in [-0.3, -0.25) is 10.3 Å². The predicted molar refractivity (Wildman–Crippen MR) is 113 cm³/mol. The van der Waals surface area contributed by atoms with Crippen molar-refractivity contribution in [2.45, 2.75) is 72.1 Å². The molecule has 2 atom stereocenters. The third-order valence-electron chi connectivity index (χ3n) is 4.21. The summed E-state index contributed by atoms with van der Waals surface area (Å²) in [5.74, 6) is -0.380. The van der Waals surface area contributed by atoms with E-state index in [0.29, 0.717) is 13.1 Å². The molecule has 1 aliphatic rings. The van der Waals surface area contributed by atoms with Crippen LogP contribution in [0, 0.1) is 11.7 Å². The zero-order chi connectivity index (χ0) is 22.7. The van der Waals surface area contributed by atoms with E-state index in [4.69, 9.17) is 9.47 Å². The van der Waals surface area contributed by atoms with Gasteiger partial charge in [0.2, 0.25) is 0 Å². The van der Waals surface area contributed by atoms with Gasteiger partial charge in [-0.25, -0.2) is 14.0 Å². The minimum Gasteiger partial charge on any atom is -0.444 e. The first-order valence-electron chi connectivity index (χ1n) is 10.1. The zero-order valence-corrected chi connectivity index (χ0v) is 18.8. The van der Waals surface area contributed by atoms with Crippen LogP contribution in [-0.2, 0) is 9.47 Å². The fourth-order valence-corrected chi connectivity index (χ4v) is 3.37. The maximum absolute atomic E-state index is 14.8. The summed E-state index contributed by atoms with van der Waals surface area (Å²) >= 11 is 0. The number of carbonyl (C=O) groups excluding carboxylic acids is 2. The monoisotopic (exact) mass is 424 g/mol.